The molecule has 0 spiro atoms. The van der Waals surface area contributed by atoms with E-state index in [1.165, 1.54) is 30.4 Å². The number of aliphatic hydroxyl groups excluding tert-OH is 2. The molecule has 0 saturated carbocycles. The minimum Gasteiger partial charge on any atom is -0.458 e. The fraction of sp³-hybridized carbons (Fsp3) is 0.320. The molecular weight excluding hydrogens is 428 g/mol. The third-order valence-electron chi connectivity index (χ3n) is 3.28. The van der Waals surface area contributed by atoms with Gasteiger partial charge in [-0.25, -0.2) is 14.4 Å². The zero-order chi connectivity index (χ0) is 25.5. The predicted octanol–water partition coefficient (Wildman–Crippen LogP) is 3.42. The summed E-state index contributed by atoms with van der Waals surface area (Å²) in [4.78, 5) is 33.9. The summed E-state index contributed by atoms with van der Waals surface area (Å²) in [5.41, 5.74) is 0.763. The first-order valence-corrected chi connectivity index (χ1v) is 10.1. The fourth-order valence-electron chi connectivity index (χ4n) is 1.75. The lowest BCUT2D eigenvalue weighted by molar-refractivity contribution is -0.137. The summed E-state index contributed by atoms with van der Waals surface area (Å²) in [7, 11) is 0. The lowest BCUT2D eigenvalue weighted by Gasteiger charge is -2.07. The molecule has 1 aromatic carbocycles. The van der Waals surface area contributed by atoms with Gasteiger partial charge in [-0.2, -0.15) is 0 Å². The number of hydrogen-bond donors (Lipinski definition) is 2. The first-order chi connectivity index (χ1) is 15.8. The maximum absolute atomic E-state index is 11.7. The number of rotatable bonds is 12. The molecule has 0 atom stereocenters. The number of ether oxygens (including phenoxy) is 3. The third kappa shape index (κ3) is 16.8. The average Bonchev–Trinajstić information content (AvgIpc) is 2.83. The van der Waals surface area contributed by atoms with Gasteiger partial charge in [-0.15, -0.1) is 0 Å². The summed E-state index contributed by atoms with van der Waals surface area (Å²) in [5, 5.41) is 16.2. The molecule has 33 heavy (non-hydrogen) atoms. The first-order valence-electron chi connectivity index (χ1n) is 10.1. The molecule has 1 aromatic rings. The monoisotopic (exact) mass is 462 g/mol. The molecule has 182 valence electrons. The van der Waals surface area contributed by atoms with Crippen molar-refractivity contribution in [3.8, 4) is 0 Å². The normalized spacial score (nSPS) is 8.94. The maximum Gasteiger partial charge on any atom is 0.339 e. The second-order valence-corrected chi connectivity index (χ2v) is 6.14. The van der Waals surface area contributed by atoms with Crippen LogP contribution in [-0.2, 0) is 19.0 Å². The van der Waals surface area contributed by atoms with E-state index < -0.39 is 11.9 Å². The van der Waals surface area contributed by atoms with Gasteiger partial charge in [0.05, 0.1) is 11.1 Å². The van der Waals surface area contributed by atoms with Gasteiger partial charge in [-0.05, 0) is 31.9 Å². The molecule has 2 N–H and O–H groups in total. The molecule has 0 unspecified atom stereocenters. The summed E-state index contributed by atoms with van der Waals surface area (Å²) in [5.74, 6) is -1.53. The van der Waals surface area contributed by atoms with Crippen molar-refractivity contribution in [3.63, 3.8) is 0 Å². The number of hydrogen-bond acceptors (Lipinski definition) is 8. The Balaban J connectivity index is 0. The Hall–Kier alpha value is -3.49. The summed E-state index contributed by atoms with van der Waals surface area (Å²) in [6, 6.07) is 6.31. The van der Waals surface area contributed by atoms with Crippen LogP contribution in [0.25, 0.3) is 0 Å². The predicted molar refractivity (Wildman–Crippen MR) is 127 cm³/mol. The Bertz CT molecular complexity index is 720. The fourth-order valence-corrected chi connectivity index (χ4v) is 1.75. The van der Waals surface area contributed by atoms with Crippen LogP contribution < -0.4 is 0 Å². The number of carbonyl (C=O) groups excluding carboxylic acids is 3. The molecular formula is C25H34O8. The van der Waals surface area contributed by atoms with Gasteiger partial charge in [0, 0.05) is 18.8 Å². The largest absolute Gasteiger partial charge is 0.458 e. The van der Waals surface area contributed by atoms with E-state index in [1.54, 1.807) is 19.1 Å². The van der Waals surface area contributed by atoms with Crippen molar-refractivity contribution in [1.29, 1.82) is 0 Å². The van der Waals surface area contributed by atoms with Crippen molar-refractivity contribution in [2.75, 3.05) is 33.0 Å². The van der Waals surface area contributed by atoms with Crippen LogP contribution in [0.4, 0.5) is 0 Å². The Morgan fingerprint density at radius 1 is 0.788 bits per heavy atom. The van der Waals surface area contributed by atoms with Crippen molar-refractivity contribution >= 4 is 17.9 Å². The molecule has 0 amide bonds. The highest BCUT2D eigenvalue weighted by Crippen LogP contribution is 2.12. The number of aliphatic hydroxyl groups is 2. The summed E-state index contributed by atoms with van der Waals surface area (Å²) >= 11 is 0. The highest BCUT2D eigenvalue weighted by Gasteiger charge is 2.18. The molecule has 0 saturated heterocycles. The molecule has 8 nitrogen and oxygen atoms in total. The number of esters is 3. The van der Waals surface area contributed by atoms with Crippen molar-refractivity contribution in [3.05, 3.63) is 85.5 Å². The van der Waals surface area contributed by atoms with E-state index in [1.807, 2.05) is 0 Å². The zero-order valence-corrected chi connectivity index (χ0v) is 19.2. The summed E-state index contributed by atoms with van der Waals surface area (Å²) in [6.45, 7) is 16.1. The van der Waals surface area contributed by atoms with E-state index >= 15 is 0 Å². The van der Waals surface area contributed by atoms with Gasteiger partial charge in [0.2, 0.25) is 0 Å². The molecule has 0 bridgehead atoms. The summed E-state index contributed by atoms with van der Waals surface area (Å²) < 4.78 is 14.4. The minimum atomic E-state index is -0.582. The minimum absolute atomic E-state index is 0.0921. The molecule has 0 fully saturated rings. The highest BCUT2D eigenvalue weighted by molar-refractivity contribution is 6.03. The average molecular weight is 463 g/mol. The van der Waals surface area contributed by atoms with E-state index in [2.05, 4.69) is 31.1 Å². The van der Waals surface area contributed by atoms with Crippen molar-refractivity contribution in [2.24, 2.45) is 0 Å². The van der Waals surface area contributed by atoms with E-state index in [-0.39, 0.29) is 50.1 Å². The molecule has 0 aliphatic heterocycles. The van der Waals surface area contributed by atoms with Gasteiger partial charge >= 0.3 is 17.9 Å². The maximum atomic E-state index is 11.7. The van der Waals surface area contributed by atoms with E-state index in [0.29, 0.717) is 5.57 Å². The van der Waals surface area contributed by atoms with Crippen LogP contribution in [0.1, 0.15) is 40.5 Å². The second-order valence-electron chi connectivity index (χ2n) is 6.14. The quantitative estimate of drug-likeness (QED) is 0.159. The van der Waals surface area contributed by atoms with Crippen LogP contribution in [0.15, 0.2) is 74.4 Å². The zero-order valence-electron chi connectivity index (χ0n) is 19.2. The topological polar surface area (TPSA) is 119 Å². The smallest absolute Gasteiger partial charge is 0.339 e. The Kier molecular flexibility index (Phi) is 20.9. The molecule has 0 aliphatic rings. The van der Waals surface area contributed by atoms with Crippen LogP contribution in [0, 0.1) is 0 Å². The van der Waals surface area contributed by atoms with Crippen LogP contribution in [0.3, 0.4) is 0 Å². The van der Waals surface area contributed by atoms with Gasteiger partial charge in [0.25, 0.3) is 0 Å². The van der Waals surface area contributed by atoms with Crippen LogP contribution in [-0.4, -0.2) is 61.2 Å². The molecule has 1 rings (SSSR count). The van der Waals surface area contributed by atoms with Crippen molar-refractivity contribution < 1.29 is 38.8 Å². The van der Waals surface area contributed by atoms with Gasteiger partial charge in [-0.1, -0.05) is 56.7 Å². The van der Waals surface area contributed by atoms with Crippen LogP contribution in [0.5, 0.6) is 0 Å². The lowest BCUT2D eigenvalue weighted by atomic mass is 10.1. The third-order valence-corrected chi connectivity index (χ3v) is 3.28. The van der Waals surface area contributed by atoms with Gasteiger partial charge in [-0.3, -0.25) is 0 Å². The summed E-state index contributed by atoms with van der Waals surface area (Å²) in [6.07, 6.45) is 5.86. The van der Waals surface area contributed by atoms with Crippen molar-refractivity contribution in [1.82, 2.24) is 0 Å². The van der Waals surface area contributed by atoms with E-state index in [0.717, 1.165) is 12.8 Å². The molecule has 0 heterocycles. The Labute approximate surface area is 195 Å². The van der Waals surface area contributed by atoms with Crippen molar-refractivity contribution in [2.45, 2.75) is 19.8 Å². The Morgan fingerprint density at radius 2 is 1.15 bits per heavy atom. The highest BCUT2D eigenvalue weighted by atomic mass is 16.5. The SMILES string of the molecule is C=CCOC(=O)C(=C)C.C=CCOC(=O)c1ccccc1C(=O)OCC=C.OCCCCO. The number of benzene rings is 1. The van der Waals surface area contributed by atoms with Gasteiger partial charge < -0.3 is 24.4 Å². The first kappa shape index (κ1) is 31.7. The standard InChI is InChI=1S/C14H14O4.C7H10O2.C4H10O2/c1-3-9-17-13(15)11-7-5-6-8-12(11)14(16)18-10-4-2;1-4-5-9-7(8)6(2)3;5-3-1-2-4-6/h3-8H,1-2,9-10H2;4H,1-2,5H2,3H3;5-6H,1-4H2. The van der Waals surface area contributed by atoms with Gasteiger partial charge in [0.1, 0.15) is 19.8 Å². The van der Waals surface area contributed by atoms with E-state index in [4.69, 9.17) is 19.7 Å². The van der Waals surface area contributed by atoms with Crippen LogP contribution >= 0.6 is 0 Å². The number of carbonyl (C=O) groups is 3. The Morgan fingerprint density at radius 3 is 1.45 bits per heavy atom. The molecule has 0 radical (unpaired) electrons. The van der Waals surface area contributed by atoms with Gasteiger partial charge in [0.15, 0.2) is 0 Å². The molecule has 0 aliphatic carbocycles. The lowest BCUT2D eigenvalue weighted by Crippen LogP contribution is -2.14. The molecule has 0 aromatic heterocycles. The van der Waals surface area contributed by atoms with E-state index in [9.17, 15) is 14.4 Å². The number of unbranched alkanes of at least 4 members (excludes halogenated alkanes) is 1. The second kappa shape index (κ2) is 21.7. The molecule has 8 heteroatoms. The van der Waals surface area contributed by atoms with Crippen LogP contribution in [0.2, 0.25) is 0 Å².